The van der Waals surface area contributed by atoms with E-state index in [1.807, 2.05) is 0 Å². The number of benzene rings is 2. The van der Waals surface area contributed by atoms with Crippen LogP contribution >= 0.6 is 27.3 Å². The number of hydrogen-bond acceptors (Lipinski definition) is 4. The molecular formula is C21H18BrN3S. The first-order chi connectivity index (χ1) is 12.5. The molecule has 0 aliphatic heterocycles. The van der Waals surface area contributed by atoms with Gasteiger partial charge >= 0.3 is 0 Å². The zero-order valence-corrected chi connectivity index (χ0v) is 17.2. The maximum atomic E-state index is 4.56. The van der Waals surface area contributed by atoms with Gasteiger partial charge in [0, 0.05) is 21.1 Å². The van der Waals surface area contributed by atoms with E-state index in [1.165, 1.54) is 16.7 Å². The van der Waals surface area contributed by atoms with Gasteiger partial charge in [-0.3, -0.25) is 0 Å². The Hall–Kier alpha value is -2.24. The second kappa shape index (κ2) is 6.82. The lowest BCUT2D eigenvalue weighted by molar-refractivity contribution is 1.22. The van der Waals surface area contributed by atoms with Gasteiger partial charge in [0.2, 0.25) is 0 Å². The quantitative estimate of drug-likeness (QED) is 0.394. The lowest BCUT2D eigenvalue weighted by Crippen LogP contribution is -2.00. The van der Waals surface area contributed by atoms with Crippen LogP contribution in [0.15, 0.2) is 52.6 Å². The number of aromatic nitrogens is 2. The van der Waals surface area contributed by atoms with Gasteiger partial charge in [-0.1, -0.05) is 45.8 Å². The SMILES string of the molecule is Cc1cc(C)c(Nc2ncnc3scc(-c4ccc(Br)cc4)c23)c(C)c1. The molecule has 2 aromatic carbocycles. The maximum absolute atomic E-state index is 4.56. The summed E-state index contributed by atoms with van der Waals surface area (Å²) < 4.78 is 1.07. The van der Waals surface area contributed by atoms with Gasteiger partial charge in [-0.15, -0.1) is 11.3 Å². The van der Waals surface area contributed by atoms with Gasteiger partial charge in [0.1, 0.15) is 17.0 Å². The lowest BCUT2D eigenvalue weighted by Gasteiger charge is -2.14. The highest BCUT2D eigenvalue weighted by molar-refractivity contribution is 9.10. The van der Waals surface area contributed by atoms with Gasteiger partial charge in [0.15, 0.2) is 0 Å². The first-order valence-electron chi connectivity index (χ1n) is 8.36. The Morgan fingerprint density at radius 2 is 1.65 bits per heavy atom. The molecule has 2 heterocycles. The van der Waals surface area contributed by atoms with Gasteiger partial charge in [-0.05, 0) is 49.6 Å². The summed E-state index contributed by atoms with van der Waals surface area (Å²) >= 11 is 5.15. The summed E-state index contributed by atoms with van der Waals surface area (Å²) in [5.74, 6) is 0.851. The van der Waals surface area contributed by atoms with Crippen LogP contribution in [0, 0.1) is 20.8 Å². The van der Waals surface area contributed by atoms with Crippen molar-refractivity contribution < 1.29 is 0 Å². The first-order valence-corrected chi connectivity index (χ1v) is 10.0. The largest absolute Gasteiger partial charge is 0.339 e. The number of anilines is 2. The molecule has 0 fully saturated rings. The summed E-state index contributed by atoms with van der Waals surface area (Å²) in [6.07, 6.45) is 1.63. The lowest BCUT2D eigenvalue weighted by atomic mass is 10.0. The minimum absolute atomic E-state index is 0.851. The first kappa shape index (κ1) is 17.2. The third-order valence-electron chi connectivity index (χ3n) is 4.45. The fourth-order valence-corrected chi connectivity index (χ4v) is 4.49. The summed E-state index contributed by atoms with van der Waals surface area (Å²) in [4.78, 5) is 10.0. The fraction of sp³-hybridized carbons (Fsp3) is 0.143. The average Bonchev–Trinajstić information content (AvgIpc) is 3.03. The number of nitrogens with one attached hydrogen (secondary N) is 1. The van der Waals surface area contributed by atoms with Crippen molar-refractivity contribution in [1.29, 1.82) is 0 Å². The van der Waals surface area contributed by atoms with Crippen molar-refractivity contribution in [3.8, 4) is 11.1 Å². The van der Waals surface area contributed by atoms with Crippen molar-refractivity contribution in [3.05, 3.63) is 69.3 Å². The number of aryl methyl sites for hydroxylation is 3. The number of nitrogens with zero attached hydrogens (tertiary/aromatic N) is 2. The van der Waals surface area contributed by atoms with Crippen LogP contribution in [0.3, 0.4) is 0 Å². The zero-order valence-electron chi connectivity index (χ0n) is 14.8. The molecule has 0 atom stereocenters. The van der Waals surface area contributed by atoms with E-state index in [9.17, 15) is 0 Å². The van der Waals surface area contributed by atoms with Gasteiger partial charge < -0.3 is 5.32 Å². The van der Waals surface area contributed by atoms with Crippen LogP contribution in [0.4, 0.5) is 11.5 Å². The van der Waals surface area contributed by atoms with E-state index in [0.717, 1.165) is 37.3 Å². The Morgan fingerprint density at radius 1 is 0.962 bits per heavy atom. The number of halogens is 1. The Kier molecular flexibility index (Phi) is 4.51. The maximum Gasteiger partial charge on any atom is 0.143 e. The minimum Gasteiger partial charge on any atom is -0.339 e. The molecule has 4 aromatic rings. The van der Waals surface area contributed by atoms with Gasteiger partial charge in [0.05, 0.1) is 5.39 Å². The van der Waals surface area contributed by atoms with Crippen molar-refractivity contribution in [2.45, 2.75) is 20.8 Å². The van der Waals surface area contributed by atoms with E-state index in [-0.39, 0.29) is 0 Å². The monoisotopic (exact) mass is 423 g/mol. The summed E-state index contributed by atoms with van der Waals surface area (Å²) in [5.41, 5.74) is 7.13. The fourth-order valence-electron chi connectivity index (χ4n) is 3.31. The Bertz CT molecular complexity index is 1080. The summed E-state index contributed by atoms with van der Waals surface area (Å²) in [6, 6.07) is 12.7. The van der Waals surface area contributed by atoms with Crippen LogP contribution in [0.25, 0.3) is 21.3 Å². The van der Waals surface area contributed by atoms with Crippen molar-refractivity contribution in [1.82, 2.24) is 9.97 Å². The molecule has 2 aromatic heterocycles. The molecule has 3 nitrogen and oxygen atoms in total. The number of rotatable bonds is 3. The van der Waals surface area contributed by atoms with E-state index in [0.29, 0.717) is 0 Å². The van der Waals surface area contributed by atoms with Crippen LogP contribution < -0.4 is 5.32 Å². The van der Waals surface area contributed by atoms with Gasteiger partial charge in [-0.2, -0.15) is 0 Å². The second-order valence-corrected chi connectivity index (χ2v) is 8.23. The van der Waals surface area contributed by atoms with Crippen LogP contribution in [-0.2, 0) is 0 Å². The predicted octanol–water partition coefficient (Wildman–Crippen LogP) is 6.79. The number of thiophene rings is 1. The van der Waals surface area contributed by atoms with Crippen molar-refractivity contribution in [2.75, 3.05) is 5.32 Å². The predicted molar refractivity (Wildman–Crippen MR) is 114 cm³/mol. The van der Waals surface area contributed by atoms with E-state index in [4.69, 9.17) is 0 Å². The molecule has 0 saturated carbocycles. The third kappa shape index (κ3) is 3.13. The van der Waals surface area contributed by atoms with E-state index < -0.39 is 0 Å². The molecule has 0 radical (unpaired) electrons. The smallest absolute Gasteiger partial charge is 0.143 e. The normalized spacial score (nSPS) is 11.1. The van der Waals surface area contributed by atoms with Crippen LogP contribution in [0.1, 0.15) is 16.7 Å². The molecule has 0 saturated heterocycles. The van der Waals surface area contributed by atoms with E-state index in [2.05, 4.69) is 93.8 Å². The molecule has 0 bridgehead atoms. The zero-order chi connectivity index (χ0) is 18.3. The van der Waals surface area contributed by atoms with Crippen LogP contribution in [-0.4, -0.2) is 9.97 Å². The number of hydrogen-bond donors (Lipinski definition) is 1. The standard InChI is InChI=1S/C21H18BrN3S/c1-12-8-13(2)19(14(3)9-12)25-20-18-17(10-26-21(18)24-11-23-20)15-4-6-16(22)7-5-15/h4-11H,1-3H3,(H,23,24,25). The summed E-state index contributed by atoms with van der Waals surface area (Å²) in [7, 11) is 0. The highest BCUT2D eigenvalue weighted by Crippen LogP contribution is 2.38. The van der Waals surface area contributed by atoms with Crippen LogP contribution in [0.2, 0.25) is 0 Å². The molecule has 4 rings (SSSR count). The molecule has 0 aliphatic carbocycles. The van der Waals surface area contributed by atoms with E-state index in [1.54, 1.807) is 17.7 Å². The molecule has 0 unspecified atom stereocenters. The highest BCUT2D eigenvalue weighted by Gasteiger charge is 2.15. The Morgan fingerprint density at radius 3 is 2.35 bits per heavy atom. The molecule has 0 aliphatic rings. The average molecular weight is 424 g/mol. The van der Waals surface area contributed by atoms with Gasteiger partial charge in [-0.25, -0.2) is 9.97 Å². The van der Waals surface area contributed by atoms with Crippen molar-refractivity contribution in [2.24, 2.45) is 0 Å². The third-order valence-corrected chi connectivity index (χ3v) is 5.86. The molecule has 130 valence electrons. The molecule has 1 N–H and O–H groups in total. The Balaban J connectivity index is 1.86. The topological polar surface area (TPSA) is 37.8 Å². The van der Waals surface area contributed by atoms with Gasteiger partial charge in [0.25, 0.3) is 0 Å². The van der Waals surface area contributed by atoms with Crippen molar-refractivity contribution >= 4 is 49.0 Å². The summed E-state index contributed by atoms with van der Waals surface area (Å²) in [5, 5.41) is 6.79. The van der Waals surface area contributed by atoms with Crippen molar-refractivity contribution in [3.63, 3.8) is 0 Å². The molecule has 5 heteroatoms. The Labute approximate surface area is 165 Å². The molecule has 26 heavy (non-hydrogen) atoms. The summed E-state index contributed by atoms with van der Waals surface area (Å²) in [6.45, 7) is 6.38. The van der Waals surface area contributed by atoms with Crippen LogP contribution in [0.5, 0.6) is 0 Å². The molecule has 0 amide bonds. The minimum atomic E-state index is 0.851. The number of fused-ring (bicyclic) bond motifs is 1. The second-order valence-electron chi connectivity index (χ2n) is 6.46. The van der Waals surface area contributed by atoms with E-state index >= 15 is 0 Å². The molecule has 0 spiro atoms. The highest BCUT2D eigenvalue weighted by atomic mass is 79.9. The molecular weight excluding hydrogens is 406 g/mol.